The number of Topliss-reactive ketones (excluding diaryl/α,β-unsaturated/α-hetero) is 1. The van der Waals surface area contributed by atoms with Gasteiger partial charge in [0.15, 0.2) is 5.78 Å². The van der Waals surface area contributed by atoms with Crippen molar-refractivity contribution in [2.24, 2.45) is 5.92 Å². The quantitative estimate of drug-likeness (QED) is 0.458. The predicted molar refractivity (Wildman–Crippen MR) is 123 cm³/mol. The zero-order chi connectivity index (χ0) is 23.5. The molecule has 2 aromatic carbocycles. The van der Waals surface area contributed by atoms with Crippen LogP contribution in [-0.4, -0.2) is 45.9 Å². The van der Waals surface area contributed by atoms with Gasteiger partial charge in [-0.25, -0.2) is 9.18 Å². The van der Waals surface area contributed by atoms with Gasteiger partial charge in [-0.1, -0.05) is 25.1 Å². The molecule has 2 heterocycles. The number of benzene rings is 2. The average molecular weight is 451 g/mol. The van der Waals surface area contributed by atoms with Crippen LogP contribution in [0.3, 0.4) is 0 Å². The van der Waals surface area contributed by atoms with Crippen LogP contribution in [-0.2, 0) is 4.79 Å². The minimum absolute atomic E-state index is 0.0320. The molecule has 3 N–H and O–H groups in total. The van der Waals surface area contributed by atoms with E-state index in [9.17, 15) is 23.9 Å². The third-order valence-corrected chi connectivity index (χ3v) is 6.23. The molecule has 1 saturated heterocycles. The number of aromatic amines is 1. The number of carboxylic acids is 1. The van der Waals surface area contributed by atoms with Crippen molar-refractivity contribution in [3.63, 3.8) is 0 Å². The standard InChI is InChI=1S/C25H26FN3O4/c1-15(14-21(30)31)22-19-4-2-3-5-20(19)27-24(22)28-25(33)29-12-10-17(11-13-29)23(32)16-6-8-18(26)9-7-16/h2-9,15,17,27H,10-14H2,1H3,(H,28,33)(H,30,31). The normalized spacial score (nSPS) is 15.4. The zero-order valence-corrected chi connectivity index (χ0v) is 18.3. The summed E-state index contributed by atoms with van der Waals surface area (Å²) in [5.41, 5.74) is 2.07. The van der Waals surface area contributed by atoms with Crippen molar-refractivity contribution < 1.29 is 23.9 Å². The fraction of sp³-hybridized carbons (Fsp3) is 0.320. The van der Waals surface area contributed by atoms with Crippen molar-refractivity contribution in [3.05, 3.63) is 65.5 Å². The molecule has 33 heavy (non-hydrogen) atoms. The molecule has 0 spiro atoms. The van der Waals surface area contributed by atoms with Crippen LogP contribution in [0.1, 0.15) is 48.0 Å². The monoisotopic (exact) mass is 451 g/mol. The van der Waals surface area contributed by atoms with E-state index in [0.717, 1.165) is 16.5 Å². The highest BCUT2D eigenvalue weighted by atomic mass is 19.1. The molecule has 3 aromatic rings. The Morgan fingerprint density at radius 2 is 1.79 bits per heavy atom. The number of amides is 2. The van der Waals surface area contributed by atoms with Crippen molar-refractivity contribution in [3.8, 4) is 0 Å². The van der Waals surface area contributed by atoms with E-state index in [1.54, 1.807) is 4.90 Å². The number of aromatic nitrogens is 1. The maximum absolute atomic E-state index is 13.1. The van der Waals surface area contributed by atoms with Gasteiger partial charge in [-0.3, -0.25) is 14.9 Å². The topological polar surface area (TPSA) is 102 Å². The predicted octanol–water partition coefficient (Wildman–Crippen LogP) is 5.01. The number of fused-ring (bicyclic) bond motifs is 1. The lowest BCUT2D eigenvalue weighted by Gasteiger charge is -2.31. The number of hydrogen-bond donors (Lipinski definition) is 3. The molecule has 1 aliphatic heterocycles. The Kier molecular flexibility index (Phi) is 6.44. The van der Waals surface area contributed by atoms with Crippen LogP contribution in [0.2, 0.25) is 0 Å². The van der Waals surface area contributed by atoms with Crippen LogP contribution in [0.25, 0.3) is 10.9 Å². The number of nitrogens with one attached hydrogen (secondary N) is 2. The number of rotatable bonds is 6. The van der Waals surface area contributed by atoms with Gasteiger partial charge in [-0.2, -0.15) is 0 Å². The number of carbonyl (C=O) groups excluding carboxylic acids is 2. The number of aliphatic carboxylic acids is 1. The Bertz CT molecular complexity index is 1180. The second kappa shape index (κ2) is 9.44. The SMILES string of the molecule is CC(CC(=O)O)c1c(NC(=O)N2CCC(C(=O)c3ccc(F)cc3)CC2)[nH]c2ccccc12. The van der Waals surface area contributed by atoms with Gasteiger partial charge in [0.05, 0.1) is 6.42 Å². The highest BCUT2D eigenvalue weighted by molar-refractivity contribution is 5.99. The number of anilines is 1. The summed E-state index contributed by atoms with van der Waals surface area (Å²) in [4.78, 5) is 41.8. The molecule has 7 nitrogen and oxygen atoms in total. The lowest BCUT2D eigenvalue weighted by molar-refractivity contribution is -0.137. The Hall–Kier alpha value is -3.68. The van der Waals surface area contributed by atoms with Crippen LogP contribution >= 0.6 is 0 Å². The summed E-state index contributed by atoms with van der Waals surface area (Å²) in [6.45, 7) is 2.67. The number of urea groups is 1. The van der Waals surface area contributed by atoms with Crippen LogP contribution in [0.4, 0.5) is 15.0 Å². The van der Waals surface area contributed by atoms with E-state index in [-0.39, 0.29) is 35.9 Å². The first-order valence-electron chi connectivity index (χ1n) is 11.0. The fourth-order valence-electron chi connectivity index (χ4n) is 4.52. The summed E-state index contributed by atoms with van der Waals surface area (Å²) < 4.78 is 13.1. The Morgan fingerprint density at radius 3 is 2.45 bits per heavy atom. The second-order valence-corrected chi connectivity index (χ2v) is 8.52. The summed E-state index contributed by atoms with van der Waals surface area (Å²) in [6.07, 6.45) is 0.999. The summed E-state index contributed by atoms with van der Waals surface area (Å²) in [7, 11) is 0. The number of H-pyrrole nitrogens is 1. The largest absolute Gasteiger partial charge is 0.481 e. The maximum atomic E-state index is 13.1. The molecule has 8 heteroatoms. The highest BCUT2D eigenvalue weighted by Crippen LogP contribution is 2.35. The van der Waals surface area contributed by atoms with E-state index in [4.69, 9.17) is 0 Å². The number of carboxylic acid groups (broad SMARTS) is 1. The van der Waals surface area contributed by atoms with Gasteiger partial charge in [0, 0.05) is 41.0 Å². The van der Waals surface area contributed by atoms with Crippen LogP contribution < -0.4 is 5.32 Å². The van der Waals surface area contributed by atoms with Gasteiger partial charge in [0.2, 0.25) is 0 Å². The van der Waals surface area contributed by atoms with Crippen LogP contribution in [0.5, 0.6) is 0 Å². The molecule has 1 fully saturated rings. The molecule has 4 rings (SSSR count). The Morgan fingerprint density at radius 1 is 1.12 bits per heavy atom. The maximum Gasteiger partial charge on any atom is 0.322 e. The summed E-state index contributed by atoms with van der Waals surface area (Å²) >= 11 is 0. The lowest BCUT2D eigenvalue weighted by atomic mass is 9.89. The highest BCUT2D eigenvalue weighted by Gasteiger charge is 2.29. The van der Waals surface area contributed by atoms with Gasteiger partial charge >= 0.3 is 12.0 Å². The number of hydrogen-bond acceptors (Lipinski definition) is 3. The number of carbonyl (C=O) groups is 3. The molecule has 0 radical (unpaired) electrons. The number of likely N-dealkylation sites (tertiary alicyclic amines) is 1. The Balaban J connectivity index is 1.44. The molecule has 1 aromatic heterocycles. The van der Waals surface area contributed by atoms with E-state index < -0.39 is 5.97 Å². The zero-order valence-electron chi connectivity index (χ0n) is 18.3. The second-order valence-electron chi connectivity index (χ2n) is 8.52. The van der Waals surface area contributed by atoms with Crippen molar-refractivity contribution >= 4 is 34.5 Å². The van der Waals surface area contributed by atoms with E-state index in [1.165, 1.54) is 24.3 Å². The summed E-state index contributed by atoms with van der Waals surface area (Å²) in [6, 6.07) is 12.8. The van der Waals surface area contributed by atoms with Crippen molar-refractivity contribution in [1.29, 1.82) is 0 Å². The van der Waals surface area contributed by atoms with Crippen LogP contribution in [0.15, 0.2) is 48.5 Å². The van der Waals surface area contributed by atoms with Crippen molar-refractivity contribution in [2.75, 3.05) is 18.4 Å². The van der Waals surface area contributed by atoms with Gasteiger partial charge in [-0.05, 0) is 49.1 Å². The third-order valence-electron chi connectivity index (χ3n) is 6.23. The molecule has 0 aliphatic carbocycles. The van der Waals surface area contributed by atoms with Gasteiger partial charge in [0.25, 0.3) is 0 Å². The molecule has 1 atom stereocenters. The van der Waals surface area contributed by atoms with Gasteiger partial charge < -0.3 is 15.0 Å². The number of ketones is 1. The Labute approximate surface area is 190 Å². The number of nitrogens with zero attached hydrogens (tertiary/aromatic N) is 1. The minimum Gasteiger partial charge on any atom is -0.481 e. The number of para-hydroxylation sites is 1. The minimum atomic E-state index is -0.905. The molecule has 1 unspecified atom stereocenters. The molecule has 172 valence electrons. The van der Waals surface area contributed by atoms with Crippen LogP contribution in [0, 0.1) is 11.7 Å². The van der Waals surface area contributed by atoms with Crippen molar-refractivity contribution in [2.45, 2.75) is 32.1 Å². The average Bonchev–Trinajstić information content (AvgIpc) is 3.16. The third kappa shape index (κ3) is 4.89. The lowest BCUT2D eigenvalue weighted by Crippen LogP contribution is -2.42. The smallest absolute Gasteiger partial charge is 0.322 e. The van der Waals surface area contributed by atoms with Gasteiger partial charge in [0.1, 0.15) is 11.6 Å². The first kappa shape index (κ1) is 22.5. The molecule has 1 aliphatic rings. The first-order valence-corrected chi connectivity index (χ1v) is 11.0. The van der Waals surface area contributed by atoms with Gasteiger partial charge in [-0.15, -0.1) is 0 Å². The fourth-order valence-corrected chi connectivity index (χ4v) is 4.52. The molecular formula is C25H26FN3O4. The molecule has 0 bridgehead atoms. The summed E-state index contributed by atoms with van der Waals surface area (Å²) in [5.74, 6) is -1.33. The van der Waals surface area contributed by atoms with Crippen molar-refractivity contribution in [1.82, 2.24) is 9.88 Å². The molecular weight excluding hydrogens is 425 g/mol. The van der Waals surface area contributed by atoms with E-state index in [0.29, 0.717) is 37.3 Å². The number of halogens is 1. The summed E-state index contributed by atoms with van der Waals surface area (Å²) in [5, 5.41) is 13.0. The van der Waals surface area contributed by atoms with E-state index >= 15 is 0 Å². The van der Waals surface area contributed by atoms with E-state index in [1.807, 2.05) is 31.2 Å². The van der Waals surface area contributed by atoms with E-state index in [2.05, 4.69) is 10.3 Å². The molecule has 0 saturated carbocycles. The first-order chi connectivity index (χ1) is 15.8. The molecule has 2 amide bonds. The number of piperidine rings is 1.